The fraction of sp³-hybridized carbons (Fsp3) is 1.00. The van der Waals surface area contributed by atoms with Crippen LogP contribution in [0.2, 0.25) is 0 Å². The molecule has 4 N–H and O–H groups in total. The average Bonchev–Trinajstić information content (AvgIpc) is 2.40. The van der Waals surface area contributed by atoms with Crippen LogP contribution in [-0.4, -0.2) is 12.6 Å². The van der Waals surface area contributed by atoms with Crippen molar-refractivity contribution in [2.75, 3.05) is 6.54 Å². The van der Waals surface area contributed by atoms with Crippen LogP contribution in [0, 0.1) is 17.8 Å². The summed E-state index contributed by atoms with van der Waals surface area (Å²) in [5.41, 5.74) is 12.0. The molecule has 0 fully saturated rings. The van der Waals surface area contributed by atoms with Crippen LogP contribution >= 0.6 is 0 Å². The molecule has 18 heavy (non-hydrogen) atoms. The summed E-state index contributed by atoms with van der Waals surface area (Å²) in [4.78, 5) is 0. The predicted molar refractivity (Wildman–Crippen MR) is 82.5 cm³/mol. The van der Waals surface area contributed by atoms with E-state index in [1.54, 1.807) is 0 Å². The van der Waals surface area contributed by atoms with Gasteiger partial charge in [-0.2, -0.15) is 0 Å². The number of nitrogens with two attached hydrogens (primary N) is 2. The van der Waals surface area contributed by atoms with Crippen molar-refractivity contribution in [3.05, 3.63) is 0 Å². The molecule has 2 heteroatoms. The van der Waals surface area contributed by atoms with Crippen molar-refractivity contribution in [1.82, 2.24) is 0 Å². The third-order valence-corrected chi connectivity index (χ3v) is 4.66. The normalized spacial score (nSPS) is 18.3. The topological polar surface area (TPSA) is 52.0 Å². The first-order chi connectivity index (χ1) is 8.58. The molecule has 4 atom stereocenters. The minimum Gasteiger partial charge on any atom is -0.330 e. The Morgan fingerprint density at radius 2 is 1.39 bits per heavy atom. The minimum absolute atomic E-state index is 0.374. The van der Waals surface area contributed by atoms with E-state index in [0.717, 1.165) is 12.5 Å². The lowest BCUT2D eigenvalue weighted by Crippen LogP contribution is -2.39. The van der Waals surface area contributed by atoms with E-state index in [-0.39, 0.29) is 0 Å². The van der Waals surface area contributed by atoms with Crippen molar-refractivity contribution in [1.29, 1.82) is 0 Å². The molecule has 110 valence electrons. The highest BCUT2D eigenvalue weighted by molar-refractivity contribution is 4.80. The van der Waals surface area contributed by atoms with Crippen LogP contribution in [0.15, 0.2) is 0 Å². The van der Waals surface area contributed by atoms with Gasteiger partial charge in [0.15, 0.2) is 0 Å². The van der Waals surface area contributed by atoms with Crippen molar-refractivity contribution in [3.63, 3.8) is 0 Å². The summed E-state index contributed by atoms with van der Waals surface area (Å²) in [5, 5.41) is 0. The van der Waals surface area contributed by atoms with Crippen LogP contribution in [0.3, 0.4) is 0 Å². The maximum atomic E-state index is 6.47. The van der Waals surface area contributed by atoms with Crippen LogP contribution < -0.4 is 11.5 Å². The van der Waals surface area contributed by atoms with Gasteiger partial charge in [-0.15, -0.1) is 0 Å². The van der Waals surface area contributed by atoms with E-state index >= 15 is 0 Å². The van der Waals surface area contributed by atoms with Crippen molar-refractivity contribution < 1.29 is 0 Å². The molecule has 0 radical (unpaired) electrons. The highest BCUT2D eigenvalue weighted by Gasteiger charge is 2.25. The lowest BCUT2D eigenvalue weighted by molar-refractivity contribution is 0.218. The monoisotopic (exact) mass is 256 g/mol. The number of rotatable bonds is 11. The van der Waals surface area contributed by atoms with Gasteiger partial charge in [0.2, 0.25) is 0 Å². The fourth-order valence-corrected chi connectivity index (χ4v) is 2.73. The molecular formula is C16H36N2. The Balaban J connectivity index is 4.15. The second-order valence-corrected chi connectivity index (χ2v) is 6.00. The van der Waals surface area contributed by atoms with Gasteiger partial charge >= 0.3 is 0 Å². The van der Waals surface area contributed by atoms with E-state index in [4.69, 9.17) is 11.5 Å². The molecule has 0 saturated heterocycles. The SMILES string of the molecule is CCC(C)C(N)C(CCCCCCN)C(C)CC. The van der Waals surface area contributed by atoms with E-state index < -0.39 is 0 Å². The van der Waals surface area contributed by atoms with Gasteiger partial charge in [0.1, 0.15) is 0 Å². The van der Waals surface area contributed by atoms with E-state index in [1.807, 2.05) is 0 Å². The zero-order valence-electron chi connectivity index (χ0n) is 13.1. The van der Waals surface area contributed by atoms with Crippen LogP contribution in [0.1, 0.15) is 72.6 Å². The summed E-state index contributed by atoms with van der Waals surface area (Å²) in [5.74, 6) is 2.10. The average molecular weight is 256 g/mol. The van der Waals surface area contributed by atoms with Gasteiger partial charge in [-0.25, -0.2) is 0 Å². The van der Waals surface area contributed by atoms with Gasteiger partial charge in [0, 0.05) is 6.04 Å². The van der Waals surface area contributed by atoms with Gasteiger partial charge in [0.25, 0.3) is 0 Å². The van der Waals surface area contributed by atoms with E-state index in [1.165, 1.54) is 44.9 Å². The largest absolute Gasteiger partial charge is 0.330 e. The molecule has 0 aromatic carbocycles. The first-order valence-corrected chi connectivity index (χ1v) is 8.04. The summed E-state index contributed by atoms with van der Waals surface area (Å²) in [6.45, 7) is 10.0. The molecule has 0 aromatic rings. The first kappa shape index (κ1) is 17.9. The number of hydrogen-bond acceptors (Lipinski definition) is 2. The first-order valence-electron chi connectivity index (χ1n) is 8.04. The maximum Gasteiger partial charge on any atom is 0.00954 e. The van der Waals surface area contributed by atoms with Crippen molar-refractivity contribution in [2.45, 2.75) is 78.7 Å². The Labute approximate surface area is 115 Å². The molecule has 0 aliphatic heterocycles. The zero-order chi connectivity index (χ0) is 14.0. The van der Waals surface area contributed by atoms with Crippen LogP contribution in [0.5, 0.6) is 0 Å². The van der Waals surface area contributed by atoms with Gasteiger partial charge in [-0.3, -0.25) is 0 Å². The molecule has 0 bridgehead atoms. The second-order valence-electron chi connectivity index (χ2n) is 6.00. The van der Waals surface area contributed by atoms with Crippen molar-refractivity contribution in [2.24, 2.45) is 29.2 Å². The lowest BCUT2D eigenvalue weighted by Gasteiger charge is -2.32. The Morgan fingerprint density at radius 1 is 0.833 bits per heavy atom. The third kappa shape index (κ3) is 6.75. The number of unbranched alkanes of at least 4 members (excludes halogenated alkanes) is 3. The summed E-state index contributed by atoms with van der Waals surface area (Å²) in [6.07, 6.45) is 8.83. The molecule has 0 aliphatic carbocycles. The standard InChI is InChI=1S/C16H36N2/c1-5-13(3)15(16(18)14(4)6-2)11-9-7-8-10-12-17/h13-16H,5-12,17-18H2,1-4H3. The van der Waals surface area contributed by atoms with Crippen molar-refractivity contribution >= 4 is 0 Å². The van der Waals surface area contributed by atoms with Gasteiger partial charge < -0.3 is 11.5 Å². The smallest absolute Gasteiger partial charge is 0.00954 e. The van der Waals surface area contributed by atoms with Gasteiger partial charge in [-0.1, -0.05) is 59.8 Å². The Kier molecular flexibility index (Phi) is 10.8. The van der Waals surface area contributed by atoms with E-state index in [0.29, 0.717) is 17.9 Å². The fourth-order valence-electron chi connectivity index (χ4n) is 2.73. The molecule has 0 aliphatic rings. The molecular weight excluding hydrogens is 220 g/mol. The lowest BCUT2D eigenvalue weighted by atomic mass is 9.77. The van der Waals surface area contributed by atoms with Gasteiger partial charge in [-0.05, 0) is 37.1 Å². The highest BCUT2D eigenvalue weighted by Crippen LogP contribution is 2.28. The van der Waals surface area contributed by atoms with Crippen LogP contribution in [0.25, 0.3) is 0 Å². The molecule has 4 unspecified atom stereocenters. The zero-order valence-corrected chi connectivity index (χ0v) is 13.1. The summed E-state index contributed by atoms with van der Waals surface area (Å²) in [6, 6.07) is 0.374. The molecule has 0 amide bonds. The summed E-state index contributed by atoms with van der Waals surface area (Å²) >= 11 is 0. The molecule has 0 saturated carbocycles. The molecule has 0 rings (SSSR count). The quantitative estimate of drug-likeness (QED) is 0.550. The Morgan fingerprint density at radius 3 is 1.89 bits per heavy atom. The van der Waals surface area contributed by atoms with E-state index in [2.05, 4.69) is 27.7 Å². The Bertz CT molecular complexity index is 182. The third-order valence-electron chi connectivity index (χ3n) is 4.66. The second kappa shape index (κ2) is 10.8. The summed E-state index contributed by atoms with van der Waals surface area (Å²) < 4.78 is 0. The number of hydrogen-bond donors (Lipinski definition) is 2. The van der Waals surface area contributed by atoms with Crippen LogP contribution in [-0.2, 0) is 0 Å². The van der Waals surface area contributed by atoms with Crippen molar-refractivity contribution in [3.8, 4) is 0 Å². The maximum absolute atomic E-state index is 6.47. The Hall–Kier alpha value is -0.0800. The predicted octanol–water partition coefficient (Wildman–Crippen LogP) is 3.93. The molecule has 0 spiro atoms. The summed E-state index contributed by atoms with van der Waals surface area (Å²) in [7, 11) is 0. The van der Waals surface area contributed by atoms with E-state index in [9.17, 15) is 0 Å². The molecule has 0 heterocycles. The molecule has 2 nitrogen and oxygen atoms in total. The highest BCUT2D eigenvalue weighted by atomic mass is 14.7. The molecule has 0 aromatic heterocycles. The van der Waals surface area contributed by atoms with Crippen LogP contribution in [0.4, 0.5) is 0 Å². The van der Waals surface area contributed by atoms with Gasteiger partial charge in [0.05, 0.1) is 0 Å². The minimum atomic E-state index is 0.374.